The molecule has 5 heteroatoms. The van der Waals surface area contributed by atoms with E-state index in [9.17, 15) is 13.9 Å². The van der Waals surface area contributed by atoms with Crippen LogP contribution in [0.3, 0.4) is 0 Å². The van der Waals surface area contributed by atoms with Gasteiger partial charge in [-0.2, -0.15) is 0 Å². The van der Waals surface area contributed by atoms with E-state index < -0.39 is 30.3 Å². The van der Waals surface area contributed by atoms with Gasteiger partial charge in [0.15, 0.2) is 0 Å². The molecule has 0 amide bonds. The smallest absolute Gasteiger partial charge is 0.279 e. The summed E-state index contributed by atoms with van der Waals surface area (Å²) in [5.41, 5.74) is -0.556. The van der Waals surface area contributed by atoms with Gasteiger partial charge in [0.05, 0.1) is 5.56 Å². The summed E-state index contributed by atoms with van der Waals surface area (Å²) in [4.78, 5) is 0. The van der Waals surface area contributed by atoms with Crippen LogP contribution in [-0.2, 0) is 5.92 Å². The van der Waals surface area contributed by atoms with Crippen LogP contribution in [0.25, 0.3) is 0 Å². The van der Waals surface area contributed by atoms with Gasteiger partial charge < -0.3 is 10.2 Å². The predicted octanol–water partition coefficient (Wildman–Crippen LogP) is 2.52. The molecule has 0 radical (unpaired) electrons. The molecule has 0 spiro atoms. The molecule has 0 aliphatic heterocycles. The lowest BCUT2D eigenvalue weighted by atomic mass is 10.0. The Morgan fingerprint density at radius 3 is 2.57 bits per heavy atom. The van der Waals surface area contributed by atoms with E-state index >= 15 is 0 Å². The van der Waals surface area contributed by atoms with E-state index in [2.05, 4.69) is 0 Å². The third-order valence-electron chi connectivity index (χ3n) is 1.78. The van der Waals surface area contributed by atoms with E-state index in [0.717, 1.165) is 12.1 Å². The third kappa shape index (κ3) is 2.33. The number of phenolic OH excluding ortho intramolecular Hbond substituents is 1. The average Bonchev–Trinajstić information content (AvgIpc) is 2.09. The van der Waals surface area contributed by atoms with E-state index in [4.69, 9.17) is 16.7 Å². The summed E-state index contributed by atoms with van der Waals surface area (Å²) in [6.45, 7) is -0.654. The molecule has 0 saturated carbocycles. The van der Waals surface area contributed by atoms with Crippen LogP contribution in [0.4, 0.5) is 8.78 Å². The fourth-order valence-corrected chi connectivity index (χ4v) is 1.25. The second kappa shape index (κ2) is 4.11. The molecular formula is C9H9ClF2O2. The van der Waals surface area contributed by atoms with Crippen molar-refractivity contribution < 1.29 is 19.0 Å². The zero-order valence-electron chi connectivity index (χ0n) is 7.17. The monoisotopic (exact) mass is 222 g/mol. The van der Waals surface area contributed by atoms with Crippen LogP contribution in [0.15, 0.2) is 18.2 Å². The molecule has 0 saturated heterocycles. The molecule has 1 rings (SSSR count). The standard InChI is InChI=1S/C9H9ClF2O2/c10-6-1-2-8(14)7(5-6)9(11,12)3-4-13/h1-2,5,13-14H,3-4H2. The maximum Gasteiger partial charge on any atom is 0.279 e. The van der Waals surface area contributed by atoms with Crippen molar-refractivity contribution in [2.75, 3.05) is 6.61 Å². The highest BCUT2D eigenvalue weighted by atomic mass is 35.5. The van der Waals surface area contributed by atoms with Crippen LogP contribution < -0.4 is 0 Å². The molecule has 0 aromatic heterocycles. The van der Waals surface area contributed by atoms with Gasteiger partial charge in [0.25, 0.3) is 5.92 Å². The number of hydrogen-bond donors (Lipinski definition) is 2. The minimum absolute atomic E-state index is 0.121. The second-order valence-corrected chi connectivity index (χ2v) is 3.28. The van der Waals surface area contributed by atoms with Crippen molar-refractivity contribution in [3.63, 3.8) is 0 Å². The van der Waals surface area contributed by atoms with Crippen molar-refractivity contribution in [1.82, 2.24) is 0 Å². The summed E-state index contributed by atoms with van der Waals surface area (Å²) < 4.78 is 26.4. The Balaban J connectivity index is 3.10. The number of hydrogen-bond acceptors (Lipinski definition) is 2. The SMILES string of the molecule is OCCC(F)(F)c1cc(Cl)ccc1O. The molecule has 0 aliphatic rings. The Morgan fingerprint density at radius 1 is 1.36 bits per heavy atom. The zero-order chi connectivity index (χ0) is 10.8. The lowest BCUT2D eigenvalue weighted by Gasteiger charge is -2.16. The predicted molar refractivity (Wildman–Crippen MR) is 48.7 cm³/mol. The largest absolute Gasteiger partial charge is 0.507 e. The minimum atomic E-state index is -3.26. The van der Waals surface area contributed by atoms with E-state index in [1.807, 2.05) is 0 Å². The number of aromatic hydroxyl groups is 1. The Kier molecular flexibility index (Phi) is 3.29. The van der Waals surface area contributed by atoms with Crippen LogP contribution in [-0.4, -0.2) is 16.8 Å². The number of alkyl halides is 2. The van der Waals surface area contributed by atoms with E-state index in [0.29, 0.717) is 0 Å². The highest BCUT2D eigenvalue weighted by Gasteiger charge is 2.33. The number of aliphatic hydroxyl groups excluding tert-OH is 1. The second-order valence-electron chi connectivity index (χ2n) is 2.84. The first kappa shape index (κ1) is 11.2. The molecule has 0 heterocycles. The summed E-state index contributed by atoms with van der Waals surface area (Å²) in [6.07, 6.45) is -0.735. The summed E-state index contributed by atoms with van der Waals surface area (Å²) in [7, 11) is 0. The molecule has 2 N–H and O–H groups in total. The number of benzene rings is 1. The number of aliphatic hydroxyl groups is 1. The molecule has 78 valence electrons. The third-order valence-corrected chi connectivity index (χ3v) is 2.01. The van der Waals surface area contributed by atoms with E-state index in [-0.39, 0.29) is 5.02 Å². The van der Waals surface area contributed by atoms with Gasteiger partial charge in [0, 0.05) is 18.1 Å². The van der Waals surface area contributed by atoms with Crippen molar-refractivity contribution in [3.05, 3.63) is 28.8 Å². The first-order chi connectivity index (χ1) is 6.47. The normalized spacial score (nSPS) is 11.7. The lowest BCUT2D eigenvalue weighted by molar-refractivity contribution is -0.0287. The Morgan fingerprint density at radius 2 is 2.00 bits per heavy atom. The molecule has 0 bridgehead atoms. The van der Waals surface area contributed by atoms with Crippen LogP contribution in [0.5, 0.6) is 5.75 Å². The van der Waals surface area contributed by atoms with Crippen molar-refractivity contribution in [3.8, 4) is 5.75 Å². The summed E-state index contributed by atoms with van der Waals surface area (Å²) >= 11 is 5.52. The first-order valence-corrected chi connectivity index (χ1v) is 4.33. The van der Waals surface area contributed by atoms with Gasteiger partial charge in [0.1, 0.15) is 5.75 Å². The fourth-order valence-electron chi connectivity index (χ4n) is 1.08. The van der Waals surface area contributed by atoms with Gasteiger partial charge in [-0.1, -0.05) is 11.6 Å². The Bertz CT molecular complexity index is 329. The molecule has 0 aliphatic carbocycles. The van der Waals surface area contributed by atoms with Crippen LogP contribution in [0.1, 0.15) is 12.0 Å². The number of halogens is 3. The van der Waals surface area contributed by atoms with Gasteiger partial charge in [-0.15, -0.1) is 0 Å². The van der Waals surface area contributed by atoms with Gasteiger partial charge in [0.2, 0.25) is 0 Å². The molecule has 0 unspecified atom stereocenters. The first-order valence-electron chi connectivity index (χ1n) is 3.95. The summed E-state index contributed by atoms with van der Waals surface area (Å²) in [5.74, 6) is -3.78. The molecule has 14 heavy (non-hydrogen) atoms. The van der Waals surface area contributed by atoms with Crippen LogP contribution in [0, 0.1) is 0 Å². The van der Waals surface area contributed by atoms with Crippen molar-refractivity contribution in [2.24, 2.45) is 0 Å². The number of phenols is 1. The zero-order valence-corrected chi connectivity index (χ0v) is 7.93. The summed E-state index contributed by atoms with van der Waals surface area (Å²) in [6, 6.07) is 3.41. The molecular weight excluding hydrogens is 214 g/mol. The van der Waals surface area contributed by atoms with E-state index in [1.54, 1.807) is 0 Å². The number of rotatable bonds is 3. The topological polar surface area (TPSA) is 40.5 Å². The van der Waals surface area contributed by atoms with Crippen molar-refractivity contribution >= 4 is 11.6 Å². The maximum atomic E-state index is 13.2. The van der Waals surface area contributed by atoms with Gasteiger partial charge in [-0.05, 0) is 18.2 Å². The van der Waals surface area contributed by atoms with Crippen LogP contribution in [0.2, 0.25) is 5.02 Å². The average molecular weight is 223 g/mol. The molecule has 2 nitrogen and oxygen atoms in total. The molecule has 1 aromatic carbocycles. The fraction of sp³-hybridized carbons (Fsp3) is 0.333. The Hall–Kier alpha value is -0.870. The minimum Gasteiger partial charge on any atom is -0.507 e. The maximum absolute atomic E-state index is 13.2. The highest BCUT2D eigenvalue weighted by Crippen LogP contribution is 2.38. The van der Waals surface area contributed by atoms with Gasteiger partial charge in [-0.3, -0.25) is 0 Å². The summed E-state index contributed by atoms with van der Waals surface area (Å²) in [5, 5.41) is 17.7. The van der Waals surface area contributed by atoms with Crippen molar-refractivity contribution in [1.29, 1.82) is 0 Å². The van der Waals surface area contributed by atoms with E-state index in [1.165, 1.54) is 6.07 Å². The lowest BCUT2D eigenvalue weighted by Crippen LogP contribution is -2.15. The van der Waals surface area contributed by atoms with Crippen LogP contribution >= 0.6 is 11.6 Å². The molecule has 0 fully saturated rings. The van der Waals surface area contributed by atoms with Crippen molar-refractivity contribution in [2.45, 2.75) is 12.3 Å². The highest BCUT2D eigenvalue weighted by molar-refractivity contribution is 6.30. The Labute approximate surface area is 84.7 Å². The molecule has 1 aromatic rings. The molecule has 0 atom stereocenters. The van der Waals surface area contributed by atoms with Gasteiger partial charge in [-0.25, -0.2) is 8.78 Å². The van der Waals surface area contributed by atoms with Gasteiger partial charge >= 0.3 is 0 Å². The quantitative estimate of drug-likeness (QED) is 0.825.